The van der Waals surface area contributed by atoms with E-state index < -0.39 is 0 Å². The second kappa shape index (κ2) is 7.72. The Bertz CT molecular complexity index is 939. The van der Waals surface area contributed by atoms with Crippen LogP contribution >= 0.6 is 12.4 Å². The molecule has 28 heavy (non-hydrogen) atoms. The number of hydrogen-bond donors (Lipinski definition) is 0. The fraction of sp³-hybridized carbons (Fsp3) is 0.409. The summed E-state index contributed by atoms with van der Waals surface area (Å²) in [6, 6.07) is 13.0. The normalized spacial score (nSPS) is 18.0. The van der Waals surface area contributed by atoms with Crippen molar-refractivity contribution >= 4 is 23.4 Å². The van der Waals surface area contributed by atoms with E-state index in [9.17, 15) is 4.39 Å². The van der Waals surface area contributed by atoms with E-state index in [1.54, 1.807) is 6.07 Å². The number of halogens is 2. The molecule has 0 aliphatic carbocycles. The Kier molecular flexibility index (Phi) is 5.30. The van der Waals surface area contributed by atoms with Gasteiger partial charge in [-0.2, -0.15) is 0 Å². The van der Waals surface area contributed by atoms with Crippen molar-refractivity contribution in [2.45, 2.75) is 37.7 Å². The van der Waals surface area contributed by atoms with Crippen molar-refractivity contribution < 1.29 is 13.7 Å². The molecule has 1 aromatic heterocycles. The molecule has 6 heteroatoms. The first-order valence-corrected chi connectivity index (χ1v) is 9.74. The Morgan fingerprint density at radius 2 is 1.93 bits per heavy atom. The van der Waals surface area contributed by atoms with Gasteiger partial charge in [0.25, 0.3) is 0 Å². The number of para-hydroxylation sites is 1. The third-order valence-corrected chi connectivity index (χ3v) is 5.98. The molecule has 0 N–H and O–H groups in total. The summed E-state index contributed by atoms with van der Waals surface area (Å²) in [6.07, 6.45) is 5.06. The standard InChI is InChI=1S/C22H23FN2O2.ClH/c23-17-7-8-18-19(24-27-21(18)14-17)5-3-11-25-12-9-22(10-13-25)15-16-4-1-2-6-20(16)26-22;/h1-2,4,6-8,14H,3,5,9-13,15H2;1H. The molecule has 148 valence electrons. The molecular formula is C22H24ClFN2O2. The maximum Gasteiger partial charge on any atom is 0.170 e. The predicted molar refractivity (Wildman–Crippen MR) is 109 cm³/mol. The molecule has 1 saturated heterocycles. The molecule has 0 radical (unpaired) electrons. The minimum Gasteiger partial charge on any atom is -0.487 e. The van der Waals surface area contributed by atoms with Crippen molar-refractivity contribution in [3.63, 3.8) is 0 Å². The monoisotopic (exact) mass is 402 g/mol. The largest absolute Gasteiger partial charge is 0.487 e. The molecule has 1 fully saturated rings. The lowest BCUT2D eigenvalue weighted by atomic mass is 9.87. The van der Waals surface area contributed by atoms with Crippen LogP contribution in [-0.4, -0.2) is 35.3 Å². The van der Waals surface area contributed by atoms with E-state index in [2.05, 4.69) is 34.3 Å². The van der Waals surface area contributed by atoms with E-state index >= 15 is 0 Å². The Labute approximate surface area is 170 Å². The van der Waals surface area contributed by atoms with E-state index in [1.165, 1.54) is 17.7 Å². The van der Waals surface area contributed by atoms with Gasteiger partial charge in [0.2, 0.25) is 0 Å². The lowest BCUT2D eigenvalue weighted by Crippen LogP contribution is -2.47. The lowest BCUT2D eigenvalue weighted by molar-refractivity contribution is 0.0192. The van der Waals surface area contributed by atoms with E-state index in [4.69, 9.17) is 9.26 Å². The molecule has 0 amide bonds. The van der Waals surface area contributed by atoms with Gasteiger partial charge in [-0.05, 0) is 43.1 Å². The van der Waals surface area contributed by atoms with Gasteiger partial charge >= 0.3 is 0 Å². The van der Waals surface area contributed by atoms with Crippen LogP contribution in [0.3, 0.4) is 0 Å². The average Bonchev–Trinajstić information content (AvgIpc) is 3.24. The average molecular weight is 403 g/mol. The van der Waals surface area contributed by atoms with Gasteiger partial charge in [0.1, 0.15) is 17.2 Å². The van der Waals surface area contributed by atoms with Crippen LogP contribution in [0, 0.1) is 5.82 Å². The molecule has 5 rings (SSSR count). The third kappa shape index (κ3) is 3.61. The molecule has 0 atom stereocenters. The van der Waals surface area contributed by atoms with Gasteiger partial charge in [-0.1, -0.05) is 23.4 Å². The summed E-state index contributed by atoms with van der Waals surface area (Å²) >= 11 is 0. The molecule has 1 spiro atoms. The first-order valence-electron chi connectivity index (χ1n) is 9.74. The van der Waals surface area contributed by atoms with Crippen LogP contribution in [0.4, 0.5) is 4.39 Å². The second-order valence-electron chi connectivity index (χ2n) is 7.78. The van der Waals surface area contributed by atoms with Crippen LogP contribution in [0.25, 0.3) is 11.0 Å². The number of piperidine rings is 1. The first-order chi connectivity index (χ1) is 13.2. The Morgan fingerprint density at radius 3 is 2.75 bits per heavy atom. The quantitative estimate of drug-likeness (QED) is 0.628. The summed E-state index contributed by atoms with van der Waals surface area (Å²) in [5.41, 5.74) is 2.81. The topological polar surface area (TPSA) is 38.5 Å². The summed E-state index contributed by atoms with van der Waals surface area (Å²) in [5, 5.41) is 5.04. The number of aryl methyl sites for hydroxylation is 1. The fourth-order valence-electron chi connectivity index (χ4n) is 4.44. The molecule has 2 aliphatic rings. The van der Waals surface area contributed by atoms with Gasteiger partial charge in [0, 0.05) is 43.8 Å². The summed E-state index contributed by atoms with van der Waals surface area (Å²) in [7, 11) is 0. The van der Waals surface area contributed by atoms with Gasteiger partial charge in [-0.15, -0.1) is 12.4 Å². The van der Waals surface area contributed by atoms with Crippen molar-refractivity contribution in [1.29, 1.82) is 0 Å². The van der Waals surface area contributed by atoms with Gasteiger partial charge in [0.15, 0.2) is 5.58 Å². The number of likely N-dealkylation sites (tertiary alicyclic amines) is 1. The molecule has 4 nitrogen and oxygen atoms in total. The molecule has 3 heterocycles. The maximum atomic E-state index is 13.2. The summed E-state index contributed by atoms with van der Waals surface area (Å²) in [4.78, 5) is 2.51. The van der Waals surface area contributed by atoms with Crippen molar-refractivity contribution in [3.05, 3.63) is 59.5 Å². The molecule has 2 aromatic carbocycles. The lowest BCUT2D eigenvalue weighted by Gasteiger charge is -2.38. The van der Waals surface area contributed by atoms with Crippen molar-refractivity contribution in [1.82, 2.24) is 10.1 Å². The van der Waals surface area contributed by atoms with Crippen LogP contribution in [0.1, 0.15) is 30.5 Å². The number of hydrogen-bond acceptors (Lipinski definition) is 4. The zero-order chi connectivity index (χ0) is 18.3. The van der Waals surface area contributed by atoms with E-state index in [0.717, 1.165) is 68.6 Å². The van der Waals surface area contributed by atoms with Crippen LogP contribution in [0.2, 0.25) is 0 Å². The highest BCUT2D eigenvalue weighted by Crippen LogP contribution is 2.40. The molecular weight excluding hydrogens is 379 g/mol. The summed E-state index contributed by atoms with van der Waals surface area (Å²) < 4.78 is 24.8. The zero-order valence-electron chi connectivity index (χ0n) is 15.7. The fourth-order valence-corrected chi connectivity index (χ4v) is 4.44. The van der Waals surface area contributed by atoms with E-state index in [0.29, 0.717) is 5.58 Å². The predicted octanol–water partition coefficient (Wildman–Crippen LogP) is 4.79. The number of fused-ring (bicyclic) bond motifs is 2. The van der Waals surface area contributed by atoms with Gasteiger partial charge in [-0.3, -0.25) is 0 Å². The Morgan fingerprint density at radius 1 is 1.11 bits per heavy atom. The van der Waals surface area contributed by atoms with Crippen molar-refractivity contribution in [2.24, 2.45) is 0 Å². The first kappa shape index (κ1) is 19.2. The second-order valence-corrected chi connectivity index (χ2v) is 7.78. The number of aromatic nitrogens is 1. The summed E-state index contributed by atoms with van der Waals surface area (Å²) in [6.45, 7) is 3.18. The SMILES string of the molecule is Cl.Fc1ccc2c(CCCN3CCC4(CC3)Cc3ccccc3O4)noc2c1. The number of benzene rings is 2. The smallest absolute Gasteiger partial charge is 0.170 e. The third-order valence-electron chi connectivity index (χ3n) is 5.98. The zero-order valence-corrected chi connectivity index (χ0v) is 16.5. The minimum atomic E-state index is -0.288. The van der Waals surface area contributed by atoms with E-state index in [-0.39, 0.29) is 23.8 Å². The number of ether oxygens (including phenoxy) is 1. The van der Waals surface area contributed by atoms with Crippen molar-refractivity contribution in [3.8, 4) is 5.75 Å². The highest BCUT2D eigenvalue weighted by atomic mass is 35.5. The molecule has 3 aromatic rings. The highest BCUT2D eigenvalue weighted by Gasteiger charge is 2.41. The summed E-state index contributed by atoms with van der Waals surface area (Å²) in [5.74, 6) is 0.782. The van der Waals surface area contributed by atoms with Gasteiger partial charge < -0.3 is 14.2 Å². The van der Waals surface area contributed by atoms with Crippen molar-refractivity contribution in [2.75, 3.05) is 19.6 Å². The van der Waals surface area contributed by atoms with Gasteiger partial charge in [-0.25, -0.2) is 4.39 Å². The van der Waals surface area contributed by atoms with Gasteiger partial charge in [0.05, 0.1) is 5.69 Å². The van der Waals surface area contributed by atoms with Crippen LogP contribution in [0.5, 0.6) is 5.75 Å². The van der Waals surface area contributed by atoms with Crippen LogP contribution < -0.4 is 4.74 Å². The number of nitrogens with zero attached hydrogens (tertiary/aromatic N) is 2. The molecule has 2 aliphatic heterocycles. The highest BCUT2D eigenvalue weighted by molar-refractivity contribution is 5.85. The Hall–Kier alpha value is -2.11. The maximum absolute atomic E-state index is 13.2. The molecule has 0 unspecified atom stereocenters. The Balaban J connectivity index is 0.00000192. The molecule has 0 saturated carbocycles. The van der Waals surface area contributed by atoms with E-state index in [1.807, 2.05) is 0 Å². The van der Waals surface area contributed by atoms with Crippen LogP contribution in [0.15, 0.2) is 47.0 Å². The number of rotatable bonds is 4. The van der Waals surface area contributed by atoms with Crippen LogP contribution in [-0.2, 0) is 12.8 Å². The minimum absolute atomic E-state index is 0. The molecule has 0 bridgehead atoms.